The van der Waals surface area contributed by atoms with Crippen LogP contribution in [0.15, 0.2) is 23.7 Å². The van der Waals surface area contributed by atoms with Gasteiger partial charge in [-0.3, -0.25) is 4.98 Å². The first kappa shape index (κ1) is 15.4. The second-order valence-electron chi connectivity index (χ2n) is 3.75. The van der Waals surface area contributed by atoms with Crippen molar-refractivity contribution in [3.8, 4) is 5.75 Å². The predicted octanol–water partition coefficient (Wildman–Crippen LogP) is 3.77. The summed E-state index contributed by atoms with van der Waals surface area (Å²) in [6, 6.07) is 2.71. The summed E-state index contributed by atoms with van der Waals surface area (Å²) in [7, 11) is 0. The third-order valence-electron chi connectivity index (χ3n) is 2.24. The first-order valence-electron chi connectivity index (χ1n) is 5.51. The van der Waals surface area contributed by atoms with Gasteiger partial charge in [0.1, 0.15) is 5.75 Å². The van der Waals surface area contributed by atoms with E-state index in [1.165, 1.54) is 12.1 Å². The summed E-state index contributed by atoms with van der Waals surface area (Å²) in [5.74, 6) is -0.0950. The highest BCUT2D eigenvalue weighted by Gasteiger charge is 2.33. The molecule has 0 fully saturated rings. The van der Waals surface area contributed by atoms with Gasteiger partial charge in [0.2, 0.25) is 0 Å². The Morgan fingerprint density at radius 3 is 2.57 bits per heavy atom. The molecule has 2 aromatic heterocycles. The van der Waals surface area contributed by atoms with Crippen molar-refractivity contribution in [3.05, 3.63) is 35.1 Å². The normalized spacial score (nSPS) is 11.7. The van der Waals surface area contributed by atoms with E-state index >= 15 is 0 Å². The number of nitrogens with one attached hydrogen (secondary N) is 1. The molecule has 2 heterocycles. The fourth-order valence-corrected chi connectivity index (χ4v) is 2.06. The summed E-state index contributed by atoms with van der Waals surface area (Å²) in [6.07, 6.45) is -3.38. The van der Waals surface area contributed by atoms with Gasteiger partial charge >= 0.3 is 12.8 Å². The number of hydrogen-bond donors (Lipinski definition) is 1. The number of alkyl halides is 5. The van der Waals surface area contributed by atoms with E-state index < -0.39 is 18.5 Å². The van der Waals surface area contributed by atoms with Crippen molar-refractivity contribution < 1.29 is 26.7 Å². The van der Waals surface area contributed by atoms with E-state index in [2.05, 4.69) is 20.0 Å². The highest BCUT2D eigenvalue weighted by molar-refractivity contribution is 7.13. The van der Waals surface area contributed by atoms with Crippen LogP contribution in [0.4, 0.5) is 27.1 Å². The lowest BCUT2D eigenvalue weighted by molar-refractivity contribution is -0.140. The van der Waals surface area contributed by atoms with Crippen molar-refractivity contribution in [1.29, 1.82) is 0 Å². The quantitative estimate of drug-likeness (QED) is 0.850. The molecule has 0 radical (unpaired) electrons. The molecule has 10 heteroatoms. The fourth-order valence-electron chi connectivity index (χ4n) is 1.34. The highest BCUT2D eigenvalue weighted by Crippen LogP contribution is 2.31. The van der Waals surface area contributed by atoms with Gasteiger partial charge in [-0.1, -0.05) is 0 Å². The molecular weight excluding hydrogens is 317 g/mol. The van der Waals surface area contributed by atoms with Gasteiger partial charge in [0.05, 0.1) is 18.4 Å². The minimum absolute atomic E-state index is 0.0945. The number of nitrogens with zero attached hydrogens (tertiary/aromatic N) is 2. The minimum atomic E-state index is -4.48. The summed E-state index contributed by atoms with van der Waals surface area (Å²) in [6.45, 7) is -2.83. The van der Waals surface area contributed by atoms with Crippen LogP contribution in [0.5, 0.6) is 5.75 Å². The molecule has 1 N–H and O–H groups in total. The number of hydrogen-bond acceptors (Lipinski definition) is 5. The number of rotatable bonds is 5. The van der Waals surface area contributed by atoms with Gasteiger partial charge in [0, 0.05) is 5.38 Å². The summed E-state index contributed by atoms with van der Waals surface area (Å²) in [4.78, 5) is 7.22. The van der Waals surface area contributed by atoms with Crippen molar-refractivity contribution in [1.82, 2.24) is 9.97 Å². The molecular formula is C11H8F5N3OS. The van der Waals surface area contributed by atoms with Gasteiger partial charge in [-0.2, -0.15) is 22.0 Å². The van der Waals surface area contributed by atoms with E-state index in [0.717, 1.165) is 22.9 Å². The summed E-state index contributed by atoms with van der Waals surface area (Å²) in [5, 5.41) is 3.66. The Bertz CT molecular complexity index is 584. The molecule has 114 valence electrons. The summed E-state index contributed by atoms with van der Waals surface area (Å²) < 4.78 is 65.0. The molecule has 0 aromatic carbocycles. The van der Waals surface area contributed by atoms with Gasteiger partial charge in [-0.15, -0.1) is 11.3 Å². The third kappa shape index (κ3) is 4.52. The molecule has 4 nitrogen and oxygen atoms in total. The average molecular weight is 325 g/mol. The maximum atomic E-state index is 12.3. The smallest absolute Gasteiger partial charge is 0.433 e. The molecule has 21 heavy (non-hydrogen) atoms. The average Bonchev–Trinajstić information content (AvgIpc) is 2.86. The monoisotopic (exact) mass is 325 g/mol. The van der Waals surface area contributed by atoms with Crippen molar-refractivity contribution in [2.45, 2.75) is 19.3 Å². The molecule has 0 unspecified atom stereocenters. The Labute approximate surface area is 119 Å². The zero-order valence-corrected chi connectivity index (χ0v) is 11.0. The molecule has 0 aliphatic rings. The summed E-state index contributed by atoms with van der Waals surface area (Å²) in [5.41, 5.74) is -0.524. The van der Waals surface area contributed by atoms with E-state index in [4.69, 9.17) is 0 Å². The maximum absolute atomic E-state index is 12.3. The number of anilines is 1. The second kappa shape index (κ2) is 6.20. The van der Waals surface area contributed by atoms with Crippen molar-refractivity contribution >= 4 is 16.5 Å². The molecule has 0 saturated heterocycles. The third-order valence-corrected chi connectivity index (χ3v) is 3.04. The van der Waals surface area contributed by atoms with Gasteiger partial charge in [-0.05, 0) is 12.1 Å². The van der Waals surface area contributed by atoms with Crippen molar-refractivity contribution in [2.24, 2.45) is 0 Å². The lowest BCUT2D eigenvalue weighted by Gasteiger charge is -2.05. The lowest BCUT2D eigenvalue weighted by Crippen LogP contribution is -2.07. The number of pyridine rings is 1. The van der Waals surface area contributed by atoms with Crippen LogP contribution in [0.25, 0.3) is 0 Å². The zero-order chi connectivity index (χ0) is 15.5. The van der Waals surface area contributed by atoms with Crippen molar-refractivity contribution in [3.63, 3.8) is 0 Å². The standard InChI is InChI=1S/C11H8F5N3OS/c12-9(13)20-7-2-1-6(17-4-7)3-18-10-19-8(5-21-10)11(14,15)16/h1-2,4-5,9H,3H2,(H,18,19). The Hall–Kier alpha value is -1.97. The van der Waals surface area contributed by atoms with Crippen LogP contribution in [0.2, 0.25) is 0 Å². The van der Waals surface area contributed by atoms with E-state index in [0.29, 0.717) is 5.69 Å². The van der Waals surface area contributed by atoms with Crippen LogP contribution in [0, 0.1) is 0 Å². The number of aromatic nitrogens is 2. The lowest BCUT2D eigenvalue weighted by atomic mass is 10.3. The van der Waals surface area contributed by atoms with Crippen molar-refractivity contribution in [2.75, 3.05) is 5.32 Å². The van der Waals surface area contributed by atoms with Crippen LogP contribution in [-0.4, -0.2) is 16.6 Å². The van der Waals surface area contributed by atoms with Gasteiger partial charge in [-0.25, -0.2) is 4.98 Å². The first-order valence-corrected chi connectivity index (χ1v) is 6.39. The number of halogens is 5. The molecule has 0 atom stereocenters. The van der Waals surface area contributed by atoms with Crippen LogP contribution in [0.1, 0.15) is 11.4 Å². The van der Waals surface area contributed by atoms with E-state index in [-0.39, 0.29) is 17.4 Å². The second-order valence-corrected chi connectivity index (χ2v) is 4.61. The molecule has 0 aliphatic carbocycles. The topological polar surface area (TPSA) is 47.0 Å². The van der Waals surface area contributed by atoms with Gasteiger partial charge in [0.25, 0.3) is 0 Å². The predicted molar refractivity (Wildman–Crippen MR) is 65.3 cm³/mol. The Morgan fingerprint density at radius 1 is 1.29 bits per heavy atom. The summed E-state index contributed by atoms with van der Waals surface area (Å²) >= 11 is 0.813. The van der Waals surface area contributed by atoms with Crippen LogP contribution in [0.3, 0.4) is 0 Å². The van der Waals surface area contributed by atoms with Crippen LogP contribution >= 0.6 is 11.3 Å². The largest absolute Gasteiger partial charge is 0.434 e. The van der Waals surface area contributed by atoms with E-state index in [1.54, 1.807) is 0 Å². The van der Waals surface area contributed by atoms with E-state index in [1.807, 2.05) is 0 Å². The van der Waals surface area contributed by atoms with Gasteiger partial charge in [0.15, 0.2) is 10.8 Å². The molecule has 0 spiro atoms. The highest BCUT2D eigenvalue weighted by atomic mass is 32.1. The molecule has 2 aromatic rings. The molecule has 0 aliphatic heterocycles. The molecule has 0 amide bonds. The Balaban J connectivity index is 1.92. The Kier molecular flexibility index (Phi) is 4.56. The number of ether oxygens (including phenoxy) is 1. The minimum Gasteiger partial charge on any atom is -0.433 e. The SMILES string of the molecule is FC(F)Oc1ccc(CNc2nc(C(F)(F)F)cs2)nc1. The van der Waals surface area contributed by atoms with Crippen LogP contribution < -0.4 is 10.1 Å². The first-order chi connectivity index (χ1) is 9.84. The maximum Gasteiger partial charge on any atom is 0.434 e. The Morgan fingerprint density at radius 2 is 2.05 bits per heavy atom. The molecule has 0 saturated carbocycles. The number of thiazole rings is 1. The van der Waals surface area contributed by atoms with Gasteiger partial charge < -0.3 is 10.1 Å². The zero-order valence-electron chi connectivity index (χ0n) is 10.2. The molecule has 2 rings (SSSR count). The van der Waals surface area contributed by atoms with E-state index in [9.17, 15) is 22.0 Å². The molecule has 0 bridgehead atoms. The fraction of sp³-hybridized carbons (Fsp3) is 0.273. The van der Waals surface area contributed by atoms with Crippen LogP contribution in [-0.2, 0) is 12.7 Å².